The Kier molecular flexibility index (Phi) is 4.51. The molecule has 17 heavy (non-hydrogen) atoms. The molecule has 5 nitrogen and oxygen atoms in total. The summed E-state index contributed by atoms with van der Waals surface area (Å²) in [5, 5.41) is 11.3. The van der Waals surface area contributed by atoms with Crippen LogP contribution in [0, 0.1) is 0 Å². The molecule has 5 heteroatoms. The third-order valence-electron chi connectivity index (χ3n) is 2.18. The molecule has 0 aromatic heterocycles. The molecule has 1 aromatic carbocycles. The van der Waals surface area contributed by atoms with Crippen molar-refractivity contribution in [3.05, 3.63) is 29.3 Å². The van der Waals surface area contributed by atoms with Gasteiger partial charge in [-0.15, -0.1) is 5.75 Å². The van der Waals surface area contributed by atoms with Crippen molar-refractivity contribution in [2.45, 2.75) is 12.8 Å². The van der Waals surface area contributed by atoms with Crippen molar-refractivity contribution >= 4 is 11.9 Å². The number of rotatable bonds is 4. The van der Waals surface area contributed by atoms with Gasteiger partial charge in [-0.1, -0.05) is 18.2 Å². The van der Waals surface area contributed by atoms with E-state index in [1.807, 2.05) is 0 Å². The Bertz CT molecular complexity index is 389. The fraction of sp³-hybridized carbons (Fsp3) is 0.333. The summed E-state index contributed by atoms with van der Waals surface area (Å²) in [6.45, 7) is 0. The van der Waals surface area contributed by atoms with Crippen LogP contribution in [-0.2, 0) is 31.9 Å². The third kappa shape index (κ3) is 4.14. The minimum Gasteiger partial charge on any atom is -0.872 e. The number of carbonyl (C=O) groups excluding carboxylic acids is 2. The van der Waals surface area contributed by atoms with E-state index in [1.54, 1.807) is 6.07 Å². The number of carbonyl (C=O) groups is 2. The highest BCUT2D eigenvalue weighted by atomic mass is 16.5. The average molecular weight is 237 g/mol. The summed E-state index contributed by atoms with van der Waals surface area (Å²) in [5.41, 5.74) is 1.06. The Balaban J connectivity index is 2.86. The maximum Gasteiger partial charge on any atom is 0.309 e. The molecule has 0 bridgehead atoms. The molecule has 0 N–H and O–H groups in total. The van der Waals surface area contributed by atoms with Crippen molar-refractivity contribution in [3.63, 3.8) is 0 Å². The van der Waals surface area contributed by atoms with Crippen molar-refractivity contribution in [2.24, 2.45) is 0 Å². The Morgan fingerprint density at radius 1 is 1.00 bits per heavy atom. The molecular weight excluding hydrogens is 224 g/mol. The molecule has 0 aliphatic rings. The zero-order valence-corrected chi connectivity index (χ0v) is 9.69. The zero-order valence-electron chi connectivity index (χ0n) is 9.69. The molecule has 1 aromatic rings. The SMILES string of the molecule is COC(=O)Cc1cc([O-])cc(CC(=O)OC)c1. The van der Waals surface area contributed by atoms with E-state index in [-0.39, 0.29) is 18.6 Å². The quantitative estimate of drug-likeness (QED) is 0.699. The van der Waals surface area contributed by atoms with Crippen LogP contribution >= 0.6 is 0 Å². The summed E-state index contributed by atoms with van der Waals surface area (Å²) in [5.74, 6) is -1.11. The van der Waals surface area contributed by atoms with Crippen LogP contribution in [0.3, 0.4) is 0 Å². The largest absolute Gasteiger partial charge is 0.872 e. The van der Waals surface area contributed by atoms with Gasteiger partial charge in [0.25, 0.3) is 0 Å². The minimum absolute atomic E-state index is 0.0146. The maximum absolute atomic E-state index is 11.3. The lowest BCUT2D eigenvalue weighted by molar-refractivity contribution is -0.268. The van der Waals surface area contributed by atoms with Gasteiger partial charge in [-0.25, -0.2) is 0 Å². The molecule has 0 fully saturated rings. The second kappa shape index (κ2) is 5.89. The summed E-state index contributed by atoms with van der Waals surface area (Å²) in [4.78, 5) is 22.1. The number of hydrogen-bond donors (Lipinski definition) is 0. The van der Waals surface area contributed by atoms with E-state index in [2.05, 4.69) is 9.47 Å². The molecule has 0 amide bonds. The maximum atomic E-state index is 11.3. The van der Waals surface area contributed by atoms with Gasteiger partial charge in [0.15, 0.2) is 0 Å². The van der Waals surface area contributed by atoms with Crippen LogP contribution in [0.1, 0.15) is 11.1 Å². The van der Waals surface area contributed by atoms with Gasteiger partial charge in [0.2, 0.25) is 0 Å². The molecule has 92 valence electrons. The highest BCUT2D eigenvalue weighted by Gasteiger charge is 2.07. The Morgan fingerprint density at radius 3 is 1.76 bits per heavy atom. The van der Waals surface area contributed by atoms with Crippen LogP contribution in [0.2, 0.25) is 0 Å². The van der Waals surface area contributed by atoms with Crippen LogP contribution in [0.25, 0.3) is 0 Å². The molecule has 0 aliphatic heterocycles. The van der Waals surface area contributed by atoms with E-state index in [0.717, 1.165) is 0 Å². The van der Waals surface area contributed by atoms with Gasteiger partial charge in [0, 0.05) is 0 Å². The highest BCUT2D eigenvalue weighted by Crippen LogP contribution is 2.15. The molecule has 1 rings (SSSR count). The first-order valence-corrected chi connectivity index (χ1v) is 4.98. The lowest BCUT2D eigenvalue weighted by Gasteiger charge is -2.11. The third-order valence-corrected chi connectivity index (χ3v) is 2.18. The fourth-order valence-electron chi connectivity index (χ4n) is 1.41. The molecule has 0 atom stereocenters. The van der Waals surface area contributed by atoms with E-state index in [9.17, 15) is 14.7 Å². The Labute approximate surface area is 99.0 Å². The van der Waals surface area contributed by atoms with Crippen LogP contribution in [0.4, 0.5) is 0 Å². The standard InChI is InChI=1S/C12H14O5/c1-16-11(14)6-8-3-9(5-10(13)4-8)7-12(15)17-2/h3-5,13H,6-7H2,1-2H3/p-1. The smallest absolute Gasteiger partial charge is 0.309 e. The molecule has 0 saturated heterocycles. The number of ether oxygens (including phenoxy) is 2. The molecule has 0 aliphatic carbocycles. The number of esters is 2. The molecule has 0 radical (unpaired) electrons. The van der Waals surface area contributed by atoms with E-state index >= 15 is 0 Å². The van der Waals surface area contributed by atoms with Gasteiger partial charge in [-0.05, 0) is 11.1 Å². The van der Waals surface area contributed by atoms with Gasteiger partial charge < -0.3 is 14.6 Å². The first-order valence-electron chi connectivity index (χ1n) is 4.98. The van der Waals surface area contributed by atoms with Crippen molar-refractivity contribution in [1.29, 1.82) is 0 Å². The minimum atomic E-state index is -0.431. The van der Waals surface area contributed by atoms with Crippen molar-refractivity contribution in [3.8, 4) is 5.75 Å². The van der Waals surface area contributed by atoms with Gasteiger partial charge >= 0.3 is 11.9 Å². The lowest BCUT2D eigenvalue weighted by atomic mass is 10.1. The fourth-order valence-corrected chi connectivity index (χ4v) is 1.41. The highest BCUT2D eigenvalue weighted by molar-refractivity contribution is 5.74. The predicted molar refractivity (Wildman–Crippen MR) is 57.3 cm³/mol. The normalized spacial score (nSPS) is 9.76. The second-order valence-electron chi connectivity index (χ2n) is 3.49. The van der Waals surface area contributed by atoms with Crippen LogP contribution in [0.15, 0.2) is 18.2 Å². The zero-order chi connectivity index (χ0) is 12.8. The van der Waals surface area contributed by atoms with E-state index in [4.69, 9.17) is 0 Å². The number of hydrogen-bond acceptors (Lipinski definition) is 5. The Morgan fingerprint density at radius 2 is 1.41 bits per heavy atom. The van der Waals surface area contributed by atoms with Crippen molar-refractivity contribution in [2.75, 3.05) is 14.2 Å². The van der Waals surface area contributed by atoms with Crippen LogP contribution < -0.4 is 5.11 Å². The van der Waals surface area contributed by atoms with E-state index in [1.165, 1.54) is 26.4 Å². The van der Waals surface area contributed by atoms with Crippen molar-refractivity contribution in [1.82, 2.24) is 0 Å². The average Bonchev–Trinajstić information content (AvgIpc) is 2.27. The summed E-state index contributed by atoms with van der Waals surface area (Å²) in [6, 6.07) is 4.31. The molecule has 0 heterocycles. The van der Waals surface area contributed by atoms with Crippen LogP contribution in [-0.4, -0.2) is 26.2 Å². The molecule has 0 saturated carbocycles. The predicted octanol–water partition coefficient (Wildman–Crippen LogP) is 0.191. The summed E-state index contributed by atoms with van der Waals surface area (Å²) >= 11 is 0. The van der Waals surface area contributed by atoms with Gasteiger partial charge in [0.1, 0.15) is 0 Å². The van der Waals surface area contributed by atoms with E-state index < -0.39 is 11.9 Å². The van der Waals surface area contributed by atoms with Gasteiger partial charge in [0.05, 0.1) is 27.1 Å². The van der Waals surface area contributed by atoms with Crippen molar-refractivity contribution < 1.29 is 24.2 Å². The first kappa shape index (κ1) is 13.0. The number of methoxy groups -OCH3 is 2. The monoisotopic (exact) mass is 237 g/mol. The lowest BCUT2D eigenvalue weighted by Crippen LogP contribution is -2.08. The summed E-state index contributed by atoms with van der Waals surface area (Å²) < 4.78 is 9.01. The molecule has 0 spiro atoms. The van der Waals surface area contributed by atoms with Gasteiger partial charge in [-0.3, -0.25) is 9.59 Å². The second-order valence-corrected chi connectivity index (χ2v) is 3.49. The van der Waals surface area contributed by atoms with E-state index in [0.29, 0.717) is 11.1 Å². The van der Waals surface area contributed by atoms with Crippen LogP contribution in [0.5, 0.6) is 5.75 Å². The summed E-state index contributed by atoms with van der Waals surface area (Å²) in [6.07, 6.45) is 0.0293. The molecule has 0 unspecified atom stereocenters. The Hall–Kier alpha value is -2.04. The molecular formula is C12H13O5-. The topological polar surface area (TPSA) is 75.7 Å². The number of benzene rings is 1. The van der Waals surface area contributed by atoms with Gasteiger partial charge in [-0.2, -0.15) is 0 Å². The first-order chi connectivity index (χ1) is 8.05. The summed E-state index contributed by atoms with van der Waals surface area (Å²) in [7, 11) is 2.55.